The number of benzene rings is 1. The van der Waals surface area contributed by atoms with E-state index in [1.165, 1.54) is 24.3 Å². The highest BCUT2D eigenvalue weighted by Crippen LogP contribution is 2.20. The van der Waals surface area contributed by atoms with Crippen LogP contribution in [0.25, 0.3) is 0 Å². The van der Waals surface area contributed by atoms with Crippen molar-refractivity contribution < 1.29 is 8.42 Å². The number of rotatable bonds is 4. The molecule has 1 saturated heterocycles. The molecular weight excluding hydrogens is 352 g/mol. The molecule has 0 saturated carbocycles. The minimum absolute atomic E-state index is 0.0284. The molecule has 0 atom stereocenters. The molecule has 0 radical (unpaired) electrons. The number of nitrogens with two attached hydrogens (primary N) is 1. The Hall–Kier alpha value is -2.13. The summed E-state index contributed by atoms with van der Waals surface area (Å²) in [4.78, 5) is 14.2. The molecule has 1 aliphatic heterocycles. The van der Waals surface area contributed by atoms with E-state index in [4.69, 9.17) is 17.3 Å². The average Bonchev–Trinajstić information content (AvgIpc) is 2.55. The molecule has 2 heterocycles. The Morgan fingerprint density at radius 1 is 1.04 bits per heavy atom. The van der Waals surface area contributed by atoms with E-state index >= 15 is 0 Å². The van der Waals surface area contributed by atoms with Crippen LogP contribution in [-0.4, -0.2) is 36.5 Å². The lowest BCUT2D eigenvalue weighted by Crippen LogP contribution is -2.31. The first-order valence-electron chi connectivity index (χ1n) is 7.49. The lowest BCUT2D eigenvalue weighted by molar-refractivity contribution is 0.568. The molecule has 1 aliphatic rings. The fourth-order valence-corrected chi connectivity index (χ4v) is 3.52. The first-order chi connectivity index (χ1) is 11.4. The van der Waals surface area contributed by atoms with E-state index in [0.717, 1.165) is 32.4 Å². The Kier molecular flexibility index (Phi) is 4.72. The molecule has 3 N–H and O–H groups in total. The number of nitrogens with one attached hydrogen (secondary N) is 1. The van der Waals surface area contributed by atoms with E-state index in [2.05, 4.69) is 19.7 Å². The summed E-state index contributed by atoms with van der Waals surface area (Å²) in [6.07, 6.45) is 3.24. The van der Waals surface area contributed by atoms with Gasteiger partial charge >= 0.3 is 0 Å². The van der Waals surface area contributed by atoms with Gasteiger partial charge in [-0.25, -0.2) is 13.1 Å². The Bertz CT molecular complexity index is 822. The summed E-state index contributed by atoms with van der Waals surface area (Å²) < 4.78 is 27.1. The Labute approximate surface area is 145 Å². The number of sulfonamides is 1. The van der Waals surface area contributed by atoms with Crippen molar-refractivity contribution >= 4 is 39.5 Å². The highest BCUT2D eigenvalue weighted by Gasteiger charge is 2.19. The van der Waals surface area contributed by atoms with Crippen molar-refractivity contribution in [2.24, 2.45) is 0 Å². The monoisotopic (exact) mass is 368 g/mol. The number of anilines is 3. The van der Waals surface area contributed by atoms with Crippen LogP contribution in [0.5, 0.6) is 0 Å². The molecule has 1 fully saturated rings. The number of piperidine rings is 1. The minimum Gasteiger partial charge on any atom is -0.368 e. The minimum atomic E-state index is -3.83. The van der Waals surface area contributed by atoms with Crippen LogP contribution >= 0.6 is 11.6 Å². The molecule has 24 heavy (non-hydrogen) atoms. The predicted molar refractivity (Wildman–Crippen MR) is 92.6 cm³/mol. The van der Waals surface area contributed by atoms with Crippen LogP contribution in [-0.2, 0) is 10.0 Å². The van der Waals surface area contributed by atoms with E-state index in [1.54, 1.807) is 0 Å². The SMILES string of the molecule is Nc1nc(NS(=O)(=O)c2ccc(Cl)cc2)nc(N2CCCCC2)n1. The van der Waals surface area contributed by atoms with Crippen molar-refractivity contribution in [2.45, 2.75) is 24.2 Å². The fourth-order valence-electron chi connectivity index (χ4n) is 2.45. The van der Waals surface area contributed by atoms with Crippen molar-refractivity contribution in [1.29, 1.82) is 0 Å². The first-order valence-corrected chi connectivity index (χ1v) is 9.35. The molecule has 0 spiro atoms. The molecule has 128 valence electrons. The highest BCUT2D eigenvalue weighted by molar-refractivity contribution is 7.92. The van der Waals surface area contributed by atoms with Crippen molar-refractivity contribution in [3.8, 4) is 0 Å². The van der Waals surface area contributed by atoms with Crippen molar-refractivity contribution in [2.75, 3.05) is 28.4 Å². The van der Waals surface area contributed by atoms with Gasteiger partial charge < -0.3 is 10.6 Å². The summed E-state index contributed by atoms with van der Waals surface area (Å²) in [5.74, 6) is 0.258. The molecule has 10 heteroatoms. The van der Waals surface area contributed by atoms with Crippen molar-refractivity contribution in [1.82, 2.24) is 15.0 Å². The van der Waals surface area contributed by atoms with Crippen LogP contribution in [0.1, 0.15) is 19.3 Å². The largest absolute Gasteiger partial charge is 0.368 e. The van der Waals surface area contributed by atoms with Crippen molar-refractivity contribution in [3.05, 3.63) is 29.3 Å². The normalized spacial score (nSPS) is 15.3. The number of nitrogen functional groups attached to an aromatic ring is 1. The van der Waals surface area contributed by atoms with E-state index in [-0.39, 0.29) is 16.8 Å². The van der Waals surface area contributed by atoms with E-state index < -0.39 is 10.0 Å². The maximum Gasteiger partial charge on any atom is 0.264 e. The van der Waals surface area contributed by atoms with Gasteiger partial charge in [-0.1, -0.05) is 11.6 Å². The molecule has 2 aromatic rings. The molecule has 0 bridgehead atoms. The van der Waals surface area contributed by atoms with Gasteiger partial charge in [0.15, 0.2) is 0 Å². The third-order valence-corrected chi connectivity index (χ3v) is 5.23. The zero-order valence-corrected chi connectivity index (χ0v) is 14.4. The zero-order valence-electron chi connectivity index (χ0n) is 12.8. The molecule has 0 aliphatic carbocycles. The van der Waals surface area contributed by atoms with Gasteiger partial charge in [0, 0.05) is 18.1 Å². The van der Waals surface area contributed by atoms with Crippen LogP contribution in [0.2, 0.25) is 5.02 Å². The zero-order chi connectivity index (χ0) is 17.2. The van der Waals surface area contributed by atoms with Gasteiger partial charge in [-0.05, 0) is 43.5 Å². The molecule has 1 aromatic heterocycles. The summed E-state index contributed by atoms with van der Waals surface area (Å²) in [7, 11) is -3.83. The first kappa shape index (κ1) is 16.7. The third kappa shape index (κ3) is 3.85. The van der Waals surface area contributed by atoms with Crippen LogP contribution in [0.4, 0.5) is 17.8 Å². The second-order valence-corrected chi connectivity index (χ2v) is 7.54. The number of halogens is 1. The van der Waals surface area contributed by atoms with Crippen LogP contribution in [0.15, 0.2) is 29.2 Å². The molecule has 8 nitrogen and oxygen atoms in total. The Morgan fingerprint density at radius 3 is 2.38 bits per heavy atom. The van der Waals surface area contributed by atoms with E-state index in [0.29, 0.717) is 11.0 Å². The summed E-state index contributed by atoms with van der Waals surface area (Å²) >= 11 is 5.78. The number of hydrogen-bond acceptors (Lipinski definition) is 7. The van der Waals surface area contributed by atoms with Gasteiger partial charge in [-0.15, -0.1) is 0 Å². The number of aromatic nitrogens is 3. The molecule has 0 amide bonds. The van der Waals surface area contributed by atoms with Crippen LogP contribution < -0.4 is 15.4 Å². The molecular formula is C14H17ClN6O2S. The molecule has 1 aromatic carbocycles. The van der Waals surface area contributed by atoms with E-state index in [1.807, 2.05) is 4.90 Å². The maximum atomic E-state index is 12.4. The van der Waals surface area contributed by atoms with Crippen molar-refractivity contribution in [3.63, 3.8) is 0 Å². The topological polar surface area (TPSA) is 114 Å². The Morgan fingerprint density at radius 2 is 1.71 bits per heavy atom. The van der Waals surface area contributed by atoms with Crippen LogP contribution in [0, 0.1) is 0 Å². The van der Waals surface area contributed by atoms with Gasteiger partial charge in [0.25, 0.3) is 10.0 Å². The highest BCUT2D eigenvalue weighted by atomic mass is 35.5. The molecule has 0 unspecified atom stereocenters. The van der Waals surface area contributed by atoms with Gasteiger partial charge in [0.2, 0.25) is 17.8 Å². The van der Waals surface area contributed by atoms with Crippen LogP contribution in [0.3, 0.4) is 0 Å². The number of nitrogens with zero attached hydrogens (tertiary/aromatic N) is 4. The molecule has 3 rings (SSSR count). The summed E-state index contributed by atoms with van der Waals surface area (Å²) in [6.45, 7) is 1.62. The lowest BCUT2D eigenvalue weighted by Gasteiger charge is -2.26. The fraction of sp³-hybridized carbons (Fsp3) is 0.357. The predicted octanol–water partition coefficient (Wildman–Crippen LogP) is 1.90. The standard InChI is InChI=1S/C14H17ClN6O2S/c15-10-4-6-11(7-5-10)24(22,23)20-13-17-12(16)18-14(19-13)21-8-2-1-3-9-21/h4-7H,1-3,8-9H2,(H3,16,17,18,19,20). The number of hydrogen-bond donors (Lipinski definition) is 2. The van der Waals surface area contributed by atoms with Gasteiger partial charge in [0.1, 0.15) is 0 Å². The lowest BCUT2D eigenvalue weighted by atomic mass is 10.1. The van der Waals surface area contributed by atoms with Gasteiger partial charge in [0.05, 0.1) is 4.90 Å². The smallest absolute Gasteiger partial charge is 0.264 e. The second kappa shape index (κ2) is 6.78. The van der Waals surface area contributed by atoms with Gasteiger partial charge in [-0.2, -0.15) is 15.0 Å². The quantitative estimate of drug-likeness (QED) is 0.846. The Balaban J connectivity index is 1.86. The van der Waals surface area contributed by atoms with Gasteiger partial charge in [-0.3, -0.25) is 0 Å². The average molecular weight is 369 g/mol. The summed E-state index contributed by atoms with van der Waals surface area (Å²) in [5.41, 5.74) is 5.70. The maximum absolute atomic E-state index is 12.4. The third-order valence-electron chi connectivity index (χ3n) is 3.63. The van der Waals surface area contributed by atoms with E-state index in [9.17, 15) is 8.42 Å². The summed E-state index contributed by atoms with van der Waals surface area (Å²) in [6, 6.07) is 5.80. The summed E-state index contributed by atoms with van der Waals surface area (Å²) in [5, 5.41) is 0.450. The second-order valence-electron chi connectivity index (χ2n) is 5.42.